The van der Waals surface area contributed by atoms with E-state index >= 15 is 0 Å². The molecule has 0 aliphatic rings. The van der Waals surface area contributed by atoms with Crippen LogP contribution in [0.25, 0.3) is 11.0 Å². The van der Waals surface area contributed by atoms with Gasteiger partial charge in [0, 0.05) is 0 Å². The topological polar surface area (TPSA) is 41.6 Å². The zero-order valence-electron chi connectivity index (χ0n) is 5.93. The molecule has 0 fully saturated rings. The summed E-state index contributed by atoms with van der Waals surface area (Å²) in [5.41, 5.74) is 1.72. The predicted octanol–water partition coefficient (Wildman–Crippen LogP) is 1.41. The van der Waals surface area contributed by atoms with Crippen molar-refractivity contribution in [2.24, 2.45) is 0 Å². The first-order valence-corrected chi connectivity index (χ1v) is 3.24. The van der Waals surface area contributed by atoms with Gasteiger partial charge in [0.25, 0.3) is 0 Å². The second-order valence-electron chi connectivity index (χ2n) is 2.44. The van der Waals surface area contributed by atoms with Crippen molar-refractivity contribution in [3.05, 3.63) is 23.5 Å². The average Bonchev–Trinajstić information content (AvgIpc) is 2.34. The molecule has 1 heterocycles. The van der Waals surface area contributed by atoms with Crippen LogP contribution in [-0.4, -0.2) is 15.4 Å². The van der Waals surface area contributed by atoms with Crippen molar-refractivity contribution in [1.29, 1.82) is 0 Å². The number of aromatic nitrogens is 3. The highest BCUT2D eigenvalue weighted by Crippen LogP contribution is 2.14. The van der Waals surface area contributed by atoms with E-state index in [0.29, 0.717) is 11.0 Å². The number of nitrogens with one attached hydrogen (secondary N) is 1. The molecule has 0 spiro atoms. The number of fused-ring (bicyclic) bond motifs is 1. The van der Waals surface area contributed by atoms with E-state index in [9.17, 15) is 4.39 Å². The normalized spacial score (nSPS) is 10.7. The van der Waals surface area contributed by atoms with Gasteiger partial charge in [0.1, 0.15) is 11.0 Å². The Morgan fingerprint density at radius 1 is 1.36 bits per heavy atom. The maximum Gasteiger partial charge on any atom is 0.153 e. The maximum absolute atomic E-state index is 13.0. The minimum atomic E-state index is -0.325. The maximum atomic E-state index is 13.0. The van der Waals surface area contributed by atoms with Crippen molar-refractivity contribution in [3.8, 4) is 0 Å². The SMILES string of the molecule is Cc1cc(F)c2n[nH]nc2c1. The van der Waals surface area contributed by atoms with E-state index in [1.807, 2.05) is 6.92 Å². The van der Waals surface area contributed by atoms with Crippen LogP contribution in [0.15, 0.2) is 12.1 Å². The van der Waals surface area contributed by atoms with Gasteiger partial charge in [0.15, 0.2) is 5.82 Å². The van der Waals surface area contributed by atoms with Crippen molar-refractivity contribution in [2.45, 2.75) is 6.92 Å². The molecule has 0 aliphatic heterocycles. The molecule has 3 nitrogen and oxygen atoms in total. The largest absolute Gasteiger partial charge is 0.204 e. The number of rotatable bonds is 0. The standard InChI is InChI=1S/C7H6FN3/c1-4-2-5(8)7-6(3-4)9-11-10-7/h2-3H,1H3,(H,9,10,11). The van der Waals surface area contributed by atoms with Crippen molar-refractivity contribution >= 4 is 11.0 Å². The number of nitrogens with zero attached hydrogens (tertiary/aromatic N) is 2. The van der Waals surface area contributed by atoms with E-state index < -0.39 is 0 Å². The molecule has 0 atom stereocenters. The van der Waals surface area contributed by atoms with Gasteiger partial charge in [-0.2, -0.15) is 15.4 Å². The molecule has 2 rings (SSSR count). The molecule has 0 saturated carbocycles. The quantitative estimate of drug-likeness (QED) is 0.618. The lowest BCUT2D eigenvalue weighted by Gasteiger charge is -1.91. The van der Waals surface area contributed by atoms with Crippen LogP contribution in [-0.2, 0) is 0 Å². The lowest BCUT2D eigenvalue weighted by molar-refractivity contribution is 0.635. The first-order chi connectivity index (χ1) is 5.27. The van der Waals surface area contributed by atoms with Gasteiger partial charge in [0.05, 0.1) is 0 Å². The lowest BCUT2D eigenvalue weighted by atomic mass is 10.2. The van der Waals surface area contributed by atoms with Crippen molar-refractivity contribution < 1.29 is 4.39 Å². The van der Waals surface area contributed by atoms with Crippen LogP contribution >= 0.6 is 0 Å². The number of hydrogen-bond acceptors (Lipinski definition) is 2. The Bertz CT molecular complexity index is 393. The van der Waals surface area contributed by atoms with Gasteiger partial charge in [-0.25, -0.2) is 4.39 Å². The van der Waals surface area contributed by atoms with E-state index in [2.05, 4.69) is 15.4 Å². The van der Waals surface area contributed by atoms with Gasteiger partial charge in [-0.1, -0.05) is 0 Å². The Kier molecular flexibility index (Phi) is 1.15. The highest BCUT2D eigenvalue weighted by atomic mass is 19.1. The van der Waals surface area contributed by atoms with Gasteiger partial charge in [-0.3, -0.25) is 0 Å². The van der Waals surface area contributed by atoms with Gasteiger partial charge >= 0.3 is 0 Å². The Morgan fingerprint density at radius 2 is 2.18 bits per heavy atom. The molecule has 1 aromatic heterocycles. The van der Waals surface area contributed by atoms with Crippen LogP contribution in [0.3, 0.4) is 0 Å². The number of aryl methyl sites for hydroxylation is 1. The number of hydrogen-bond donors (Lipinski definition) is 1. The van der Waals surface area contributed by atoms with E-state index in [-0.39, 0.29) is 5.82 Å². The molecule has 0 unspecified atom stereocenters. The van der Waals surface area contributed by atoms with Gasteiger partial charge in [0.2, 0.25) is 0 Å². The number of halogens is 1. The van der Waals surface area contributed by atoms with Crippen molar-refractivity contribution in [2.75, 3.05) is 0 Å². The summed E-state index contributed by atoms with van der Waals surface area (Å²) in [6.07, 6.45) is 0. The Labute approximate surface area is 62.2 Å². The Hall–Kier alpha value is -1.45. The summed E-state index contributed by atoms with van der Waals surface area (Å²) in [5.74, 6) is -0.325. The molecule has 0 bridgehead atoms. The summed E-state index contributed by atoms with van der Waals surface area (Å²) in [4.78, 5) is 0. The molecule has 0 saturated heterocycles. The first-order valence-electron chi connectivity index (χ1n) is 3.24. The third-order valence-electron chi connectivity index (χ3n) is 1.52. The van der Waals surface area contributed by atoms with Crippen LogP contribution in [0.1, 0.15) is 5.56 Å². The fourth-order valence-corrected chi connectivity index (χ4v) is 1.04. The minimum absolute atomic E-state index is 0.301. The van der Waals surface area contributed by atoms with Gasteiger partial charge in [-0.05, 0) is 24.6 Å². The molecular weight excluding hydrogens is 145 g/mol. The summed E-state index contributed by atoms with van der Waals surface area (Å²) in [7, 11) is 0. The van der Waals surface area contributed by atoms with E-state index in [1.165, 1.54) is 6.07 Å². The monoisotopic (exact) mass is 151 g/mol. The molecule has 0 radical (unpaired) electrons. The summed E-state index contributed by atoms with van der Waals surface area (Å²) in [5, 5.41) is 9.78. The van der Waals surface area contributed by atoms with Crippen LogP contribution in [0, 0.1) is 12.7 Å². The molecule has 1 N–H and O–H groups in total. The van der Waals surface area contributed by atoms with E-state index in [4.69, 9.17) is 0 Å². The molecular formula is C7H6FN3. The fourth-order valence-electron chi connectivity index (χ4n) is 1.04. The average molecular weight is 151 g/mol. The molecule has 1 aromatic carbocycles. The predicted molar refractivity (Wildman–Crippen MR) is 38.6 cm³/mol. The van der Waals surface area contributed by atoms with Gasteiger partial charge in [-0.15, -0.1) is 0 Å². The smallest absolute Gasteiger partial charge is 0.153 e. The summed E-state index contributed by atoms with van der Waals surface area (Å²) < 4.78 is 13.0. The van der Waals surface area contributed by atoms with Crippen LogP contribution in [0.4, 0.5) is 4.39 Å². The fraction of sp³-hybridized carbons (Fsp3) is 0.143. The van der Waals surface area contributed by atoms with Crippen LogP contribution in [0.2, 0.25) is 0 Å². The van der Waals surface area contributed by atoms with E-state index in [0.717, 1.165) is 5.56 Å². The molecule has 56 valence electrons. The molecule has 2 aromatic rings. The highest BCUT2D eigenvalue weighted by molar-refractivity contribution is 5.74. The molecule has 0 aliphatic carbocycles. The van der Waals surface area contributed by atoms with E-state index in [1.54, 1.807) is 6.07 Å². The second kappa shape index (κ2) is 2.02. The lowest BCUT2D eigenvalue weighted by Crippen LogP contribution is -1.80. The zero-order chi connectivity index (χ0) is 7.84. The van der Waals surface area contributed by atoms with Crippen LogP contribution in [0.5, 0.6) is 0 Å². The third-order valence-corrected chi connectivity index (χ3v) is 1.52. The van der Waals surface area contributed by atoms with Gasteiger partial charge < -0.3 is 0 Å². The van der Waals surface area contributed by atoms with Crippen LogP contribution < -0.4 is 0 Å². The molecule has 4 heteroatoms. The summed E-state index contributed by atoms with van der Waals surface area (Å²) >= 11 is 0. The van der Waals surface area contributed by atoms with Crippen molar-refractivity contribution in [3.63, 3.8) is 0 Å². The second-order valence-corrected chi connectivity index (χ2v) is 2.44. The minimum Gasteiger partial charge on any atom is -0.204 e. The first kappa shape index (κ1) is 6.27. The molecule has 0 amide bonds. The summed E-state index contributed by atoms with van der Waals surface area (Å²) in [6, 6.07) is 3.22. The number of H-pyrrole nitrogens is 1. The number of benzene rings is 1. The highest BCUT2D eigenvalue weighted by Gasteiger charge is 2.04. The third kappa shape index (κ3) is 0.869. The Balaban J connectivity index is 2.91. The summed E-state index contributed by atoms with van der Waals surface area (Å²) in [6.45, 7) is 1.82. The zero-order valence-corrected chi connectivity index (χ0v) is 5.93. The van der Waals surface area contributed by atoms with Crippen molar-refractivity contribution in [1.82, 2.24) is 15.4 Å². The number of aromatic amines is 1. The molecule has 11 heavy (non-hydrogen) atoms. The Morgan fingerprint density at radius 3 is 3.00 bits per heavy atom.